The number of carbonyl (C=O) groups excluding carboxylic acids is 1. The van der Waals surface area contributed by atoms with Crippen LogP contribution in [0.2, 0.25) is 0 Å². The molecule has 0 saturated heterocycles. The topological polar surface area (TPSA) is 141 Å². The van der Waals surface area contributed by atoms with Gasteiger partial charge < -0.3 is 29.4 Å². The van der Waals surface area contributed by atoms with Gasteiger partial charge in [0.1, 0.15) is 29.9 Å². The van der Waals surface area contributed by atoms with Crippen LogP contribution in [0.25, 0.3) is 32.6 Å². The Labute approximate surface area is 286 Å². The zero-order valence-corrected chi connectivity index (χ0v) is 28.3. The molecule has 260 valence electrons. The number of carboxylic acid groups (broad SMARTS) is 1. The Balaban J connectivity index is 0.000000289. The van der Waals surface area contributed by atoms with Crippen molar-refractivity contribution in [1.29, 1.82) is 0 Å². The lowest BCUT2D eigenvalue weighted by Crippen LogP contribution is -2.28. The monoisotopic (exact) mass is 675 g/mol. The smallest absolute Gasteiger partial charge is 0.303 e. The van der Waals surface area contributed by atoms with Crippen LogP contribution in [0, 0.1) is 24.8 Å². The normalized spacial score (nSPS) is 10.9. The van der Waals surface area contributed by atoms with Gasteiger partial charge in [-0.2, -0.15) is 0 Å². The summed E-state index contributed by atoms with van der Waals surface area (Å²) in [4.78, 5) is 36.8. The maximum atomic E-state index is 13.0. The van der Waals surface area contributed by atoms with Crippen LogP contribution in [-0.2, 0) is 20.4 Å². The van der Waals surface area contributed by atoms with Gasteiger partial charge in [0.15, 0.2) is 0 Å². The third-order valence-corrected chi connectivity index (χ3v) is 7.50. The third kappa shape index (κ3) is 13.8. The molecular formula is C37H43F2N5O5. The number of carboxylic acids is 1. The van der Waals surface area contributed by atoms with Crippen LogP contribution < -0.4 is 5.73 Å². The van der Waals surface area contributed by atoms with E-state index in [1.165, 1.54) is 24.3 Å². The molecule has 0 spiro atoms. The number of nitrogens with two attached hydrogens (primary N) is 1. The average Bonchev–Trinajstić information content (AvgIpc) is 3.78. The Hall–Kier alpha value is -5.20. The molecule has 3 N–H and O–H groups in total. The van der Waals surface area contributed by atoms with Gasteiger partial charge in [-0.15, -0.1) is 0 Å². The van der Waals surface area contributed by atoms with Gasteiger partial charge in [-0.1, -0.05) is 27.7 Å². The van der Waals surface area contributed by atoms with E-state index >= 15 is 0 Å². The zero-order chi connectivity index (χ0) is 36.5. The molecule has 49 heavy (non-hydrogen) atoms. The standard InChI is InChI=1S/C19H21FN2O2.C13H15FN2O.C5H7NO2/c1-19(2,11-10-16(23)5-4-12-21-3)17-13-24-18(22-17)14-6-8-15(20)9-7-14;1-13(2,8-15)11-7-17-12(16-11)9-3-5-10(14)6-4-9;1-6-4-2-3-5(7)8/h6-9,13H,4-5,10-12H2,1-2H3;3-7H,8,15H2,1-2H3;2-4H2,(H,7,8). The Bertz CT molecular complexity index is 1700. The van der Waals surface area contributed by atoms with Crippen molar-refractivity contribution in [3.05, 3.63) is 107 Å². The van der Waals surface area contributed by atoms with Crippen molar-refractivity contribution >= 4 is 11.8 Å². The van der Waals surface area contributed by atoms with Crippen molar-refractivity contribution in [1.82, 2.24) is 9.97 Å². The zero-order valence-electron chi connectivity index (χ0n) is 28.3. The fraction of sp³-hybridized carbons (Fsp3) is 0.405. The summed E-state index contributed by atoms with van der Waals surface area (Å²) >= 11 is 0. The summed E-state index contributed by atoms with van der Waals surface area (Å²) in [6.45, 7) is 22.3. The van der Waals surface area contributed by atoms with E-state index in [1.807, 2.05) is 27.7 Å². The number of aromatic nitrogens is 2. The fourth-order valence-corrected chi connectivity index (χ4v) is 4.09. The quantitative estimate of drug-likeness (QED) is 0.100. The number of aliphatic carboxylic acids is 1. The summed E-state index contributed by atoms with van der Waals surface area (Å²) in [7, 11) is 0. The van der Waals surface area contributed by atoms with Crippen molar-refractivity contribution in [2.75, 3.05) is 19.6 Å². The van der Waals surface area contributed by atoms with Gasteiger partial charge in [0.2, 0.25) is 24.9 Å². The molecule has 2 heterocycles. The summed E-state index contributed by atoms with van der Waals surface area (Å²) in [5.74, 6) is -0.295. The molecule has 0 unspecified atom stereocenters. The lowest BCUT2D eigenvalue weighted by molar-refractivity contribution is -0.137. The van der Waals surface area contributed by atoms with Crippen molar-refractivity contribution in [2.45, 2.75) is 77.0 Å². The van der Waals surface area contributed by atoms with E-state index in [9.17, 15) is 18.4 Å². The molecule has 10 nitrogen and oxygen atoms in total. The number of hydrogen-bond acceptors (Lipinski definition) is 7. The molecule has 2 aromatic carbocycles. The number of benzene rings is 2. The Kier molecular flexibility index (Phi) is 16.0. The van der Waals surface area contributed by atoms with E-state index in [2.05, 4.69) is 19.7 Å². The molecule has 0 aliphatic rings. The molecule has 0 aliphatic carbocycles. The largest absolute Gasteiger partial charge is 0.481 e. The number of halogens is 2. The molecule has 4 aromatic rings. The van der Waals surface area contributed by atoms with Crippen LogP contribution in [0.1, 0.15) is 77.6 Å². The number of oxazole rings is 2. The molecule has 12 heteroatoms. The molecule has 0 radical (unpaired) electrons. The minimum Gasteiger partial charge on any atom is -0.481 e. The van der Waals surface area contributed by atoms with E-state index in [1.54, 1.807) is 36.8 Å². The second kappa shape index (κ2) is 19.6. The third-order valence-electron chi connectivity index (χ3n) is 7.50. The van der Waals surface area contributed by atoms with Crippen LogP contribution in [0.3, 0.4) is 0 Å². The first-order valence-electron chi connectivity index (χ1n) is 15.8. The molecule has 2 aromatic heterocycles. The van der Waals surface area contributed by atoms with E-state index in [-0.39, 0.29) is 34.7 Å². The molecule has 0 amide bonds. The van der Waals surface area contributed by atoms with Crippen LogP contribution in [0.4, 0.5) is 8.78 Å². The number of nitrogens with zero attached hydrogens (tertiary/aromatic N) is 4. The highest BCUT2D eigenvalue weighted by Gasteiger charge is 2.26. The Morgan fingerprint density at radius 3 is 1.59 bits per heavy atom. The minimum absolute atomic E-state index is 0.113. The van der Waals surface area contributed by atoms with Crippen molar-refractivity contribution in [3.8, 4) is 22.9 Å². The molecule has 0 fully saturated rings. The minimum atomic E-state index is -0.825. The molecular weight excluding hydrogens is 632 g/mol. The van der Waals surface area contributed by atoms with Gasteiger partial charge in [0.25, 0.3) is 0 Å². The van der Waals surface area contributed by atoms with Crippen LogP contribution >= 0.6 is 0 Å². The maximum absolute atomic E-state index is 13.0. The molecule has 0 aliphatic heterocycles. The number of ketones is 1. The summed E-state index contributed by atoms with van der Waals surface area (Å²) in [6, 6.07) is 12.0. The van der Waals surface area contributed by atoms with Gasteiger partial charge >= 0.3 is 5.97 Å². The Morgan fingerprint density at radius 1 is 0.755 bits per heavy atom. The van der Waals surface area contributed by atoms with Crippen molar-refractivity contribution in [3.63, 3.8) is 0 Å². The van der Waals surface area contributed by atoms with Crippen LogP contribution in [0.15, 0.2) is 69.9 Å². The fourth-order valence-electron chi connectivity index (χ4n) is 4.09. The molecule has 0 saturated carbocycles. The molecule has 4 rings (SSSR count). The van der Waals surface area contributed by atoms with Crippen LogP contribution in [-0.4, -0.2) is 46.5 Å². The maximum Gasteiger partial charge on any atom is 0.303 e. The second-order valence-corrected chi connectivity index (χ2v) is 12.5. The Morgan fingerprint density at radius 2 is 1.18 bits per heavy atom. The summed E-state index contributed by atoms with van der Waals surface area (Å²) in [5, 5.41) is 8.04. The van der Waals surface area contributed by atoms with E-state index in [0.717, 1.165) is 17.0 Å². The van der Waals surface area contributed by atoms with Gasteiger partial charge in [-0.3, -0.25) is 9.59 Å². The highest BCUT2D eigenvalue weighted by Crippen LogP contribution is 2.31. The molecule has 0 bridgehead atoms. The molecule has 0 atom stereocenters. The first-order chi connectivity index (χ1) is 23.2. The first kappa shape index (κ1) is 40.0. The second-order valence-electron chi connectivity index (χ2n) is 12.5. The van der Waals surface area contributed by atoms with Crippen LogP contribution in [0.5, 0.6) is 0 Å². The SMILES string of the molecule is CC(C)(CN)c1coc(-c2ccc(F)cc2)n1.[C-]#[N+]CCCC(=O)CCC(C)(C)c1coc(-c2ccc(F)cc2)n1.[C-]#[N+]CCCC(=O)O. The van der Waals surface area contributed by atoms with Gasteiger partial charge in [0.05, 0.1) is 17.8 Å². The predicted molar refractivity (Wildman–Crippen MR) is 182 cm³/mol. The van der Waals surface area contributed by atoms with Gasteiger partial charge in [-0.25, -0.2) is 31.9 Å². The van der Waals surface area contributed by atoms with Crippen molar-refractivity contribution < 1.29 is 32.3 Å². The lowest BCUT2D eigenvalue weighted by Gasteiger charge is -2.21. The highest BCUT2D eigenvalue weighted by molar-refractivity contribution is 5.78. The number of rotatable bonds is 14. The van der Waals surface area contributed by atoms with E-state index in [4.69, 9.17) is 32.8 Å². The number of carbonyl (C=O) groups is 2. The number of hydrogen-bond donors (Lipinski definition) is 2. The van der Waals surface area contributed by atoms with E-state index in [0.29, 0.717) is 69.1 Å². The first-order valence-corrected chi connectivity index (χ1v) is 15.8. The summed E-state index contributed by atoms with van der Waals surface area (Å²) in [6.07, 6.45) is 6.00. The predicted octanol–water partition coefficient (Wildman–Crippen LogP) is 8.29. The lowest BCUT2D eigenvalue weighted by atomic mass is 9.84. The average molecular weight is 676 g/mol. The highest BCUT2D eigenvalue weighted by atomic mass is 19.1. The summed E-state index contributed by atoms with van der Waals surface area (Å²) in [5.41, 5.74) is 8.21. The van der Waals surface area contributed by atoms with Crippen molar-refractivity contribution in [2.24, 2.45) is 5.73 Å². The van der Waals surface area contributed by atoms with E-state index < -0.39 is 5.97 Å². The van der Waals surface area contributed by atoms with Gasteiger partial charge in [-0.05, 0) is 55.0 Å². The number of Topliss-reactive ketones (excluding diaryl/α,β-unsaturated/α-hetero) is 1. The van der Waals surface area contributed by atoms with Gasteiger partial charge in [0, 0.05) is 54.2 Å². The summed E-state index contributed by atoms with van der Waals surface area (Å²) < 4.78 is 36.7.